The zero-order valence-corrected chi connectivity index (χ0v) is 14.5. The van der Waals surface area contributed by atoms with Gasteiger partial charge in [0.2, 0.25) is 5.91 Å². The van der Waals surface area contributed by atoms with Gasteiger partial charge in [0, 0.05) is 30.3 Å². The largest absolute Gasteiger partial charge is 0.464 e. The van der Waals surface area contributed by atoms with Crippen LogP contribution in [0.5, 0.6) is 0 Å². The molecule has 2 N–H and O–H groups in total. The van der Waals surface area contributed by atoms with E-state index in [9.17, 15) is 9.59 Å². The predicted octanol–water partition coefficient (Wildman–Crippen LogP) is 2.80. The second-order valence-corrected chi connectivity index (χ2v) is 5.84. The van der Waals surface area contributed by atoms with Gasteiger partial charge in [-0.3, -0.25) is 4.79 Å². The summed E-state index contributed by atoms with van der Waals surface area (Å²) >= 11 is 1.22. The van der Waals surface area contributed by atoms with Crippen LogP contribution in [0.3, 0.4) is 0 Å². The van der Waals surface area contributed by atoms with Crippen LogP contribution in [-0.2, 0) is 14.3 Å². The molecule has 0 aliphatic carbocycles. The van der Waals surface area contributed by atoms with Crippen LogP contribution in [0, 0.1) is 0 Å². The molecule has 0 heterocycles. The van der Waals surface area contributed by atoms with Gasteiger partial charge < -0.3 is 15.4 Å². The summed E-state index contributed by atoms with van der Waals surface area (Å²) in [4.78, 5) is 25.4. The molecule has 0 aromatic heterocycles. The highest BCUT2D eigenvalue weighted by atomic mass is 32.2. The van der Waals surface area contributed by atoms with E-state index in [2.05, 4.69) is 24.8 Å². The summed E-state index contributed by atoms with van der Waals surface area (Å²) in [6, 6.07) is 0. The summed E-state index contributed by atoms with van der Waals surface area (Å²) in [6.07, 6.45) is 3.12. The topological polar surface area (TPSA) is 72.6 Å². The van der Waals surface area contributed by atoms with Gasteiger partial charge in [-0.25, -0.2) is 4.79 Å². The third-order valence-corrected chi connectivity index (χ3v) is 4.01. The van der Waals surface area contributed by atoms with Crippen LogP contribution in [0.1, 0.15) is 32.6 Å². The Kier molecular flexibility index (Phi) is 10.1. The van der Waals surface area contributed by atoms with Crippen molar-refractivity contribution in [1.29, 1.82) is 0 Å². The van der Waals surface area contributed by atoms with E-state index in [-0.39, 0.29) is 11.6 Å². The van der Waals surface area contributed by atoms with Gasteiger partial charge in [-0.1, -0.05) is 38.3 Å². The van der Waals surface area contributed by atoms with Gasteiger partial charge in [-0.05, 0) is 18.4 Å². The zero-order valence-electron chi connectivity index (χ0n) is 13.7. The van der Waals surface area contributed by atoms with E-state index in [1.54, 1.807) is 11.9 Å². The number of rotatable bonds is 10. The third kappa shape index (κ3) is 7.93. The summed E-state index contributed by atoms with van der Waals surface area (Å²) < 4.78 is 4.50. The molecule has 0 saturated carbocycles. The standard InChI is InChI=1S/C16H26N2O3S/c1-6-7-8-15(19)18(4)10-9-12(2)13(3)22-11-14(17)16(20)21-5/h11H,2-3,6-10,17H2,1,4-5H3/b14-11-. The molecule has 6 heteroatoms. The van der Waals surface area contributed by atoms with E-state index < -0.39 is 5.97 Å². The predicted molar refractivity (Wildman–Crippen MR) is 91.9 cm³/mol. The van der Waals surface area contributed by atoms with Crippen molar-refractivity contribution in [3.63, 3.8) is 0 Å². The molecule has 0 fully saturated rings. The van der Waals surface area contributed by atoms with Gasteiger partial charge in [0.1, 0.15) is 5.70 Å². The average molecular weight is 326 g/mol. The Balaban J connectivity index is 4.24. The molecule has 22 heavy (non-hydrogen) atoms. The number of esters is 1. The zero-order chi connectivity index (χ0) is 17.1. The van der Waals surface area contributed by atoms with Crippen LogP contribution in [-0.4, -0.2) is 37.5 Å². The fourth-order valence-electron chi connectivity index (χ4n) is 1.47. The monoisotopic (exact) mass is 326 g/mol. The van der Waals surface area contributed by atoms with Crippen LogP contribution >= 0.6 is 11.8 Å². The minimum atomic E-state index is -0.577. The molecule has 0 bridgehead atoms. The first-order chi connectivity index (χ1) is 10.3. The lowest BCUT2D eigenvalue weighted by atomic mass is 10.2. The summed E-state index contributed by atoms with van der Waals surface area (Å²) in [7, 11) is 3.06. The molecule has 5 nitrogen and oxygen atoms in total. The Morgan fingerprint density at radius 2 is 1.95 bits per heavy atom. The van der Waals surface area contributed by atoms with E-state index in [1.807, 2.05) is 0 Å². The van der Waals surface area contributed by atoms with E-state index in [4.69, 9.17) is 5.73 Å². The molecular weight excluding hydrogens is 300 g/mol. The first-order valence-corrected chi connectivity index (χ1v) is 8.03. The van der Waals surface area contributed by atoms with Crippen LogP contribution in [0.2, 0.25) is 0 Å². The number of nitrogens with two attached hydrogens (primary N) is 1. The lowest BCUT2D eigenvalue weighted by Crippen LogP contribution is -2.27. The van der Waals surface area contributed by atoms with Crippen LogP contribution < -0.4 is 5.73 Å². The van der Waals surface area contributed by atoms with Gasteiger partial charge >= 0.3 is 5.97 Å². The Hall–Kier alpha value is -1.69. The third-order valence-electron chi connectivity index (χ3n) is 3.06. The van der Waals surface area contributed by atoms with Crippen molar-refractivity contribution in [3.05, 3.63) is 34.7 Å². The molecule has 0 aromatic carbocycles. The Morgan fingerprint density at radius 1 is 1.32 bits per heavy atom. The molecule has 0 aliphatic rings. The maximum atomic E-state index is 11.8. The lowest BCUT2D eigenvalue weighted by Gasteiger charge is -2.18. The average Bonchev–Trinajstić information content (AvgIpc) is 2.53. The smallest absolute Gasteiger partial charge is 0.354 e. The fraction of sp³-hybridized carbons (Fsp3) is 0.500. The molecule has 0 unspecified atom stereocenters. The van der Waals surface area contributed by atoms with Crippen molar-refractivity contribution < 1.29 is 14.3 Å². The summed E-state index contributed by atoms with van der Waals surface area (Å²) in [5.41, 5.74) is 6.36. The maximum absolute atomic E-state index is 11.8. The Labute approximate surface area is 137 Å². The number of hydrogen-bond acceptors (Lipinski definition) is 5. The first kappa shape index (κ1) is 20.3. The number of carbonyl (C=O) groups excluding carboxylic acids is 2. The minimum Gasteiger partial charge on any atom is -0.464 e. The van der Waals surface area contributed by atoms with Crippen molar-refractivity contribution in [2.45, 2.75) is 32.6 Å². The van der Waals surface area contributed by atoms with Crippen LogP contribution in [0.15, 0.2) is 34.7 Å². The highest BCUT2D eigenvalue weighted by Gasteiger charge is 2.10. The SMILES string of the molecule is C=C(CCN(C)C(=O)CCCC)C(=C)S/C=C(\N)C(=O)OC. The number of allylic oxidation sites excluding steroid dienone is 1. The molecule has 124 valence electrons. The van der Waals surface area contributed by atoms with Gasteiger partial charge in [0.15, 0.2) is 0 Å². The molecule has 0 aliphatic heterocycles. The number of thioether (sulfide) groups is 1. The van der Waals surface area contributed by atoms with Crippen molar-refractivity contribution in [2.75, 3.05) is 20.7 Å². The molecule has 0 saturated heterocycles. The van der Waals surface area contributed by atoms with Crippen molar-refractivity contribution in [2.24, 2.45) is 5.73 Å². The minimum absolute atomic E-state index is 0.0216. The highest BCUT2D eigenvalue weighted by molar-refractivity contribution is 8.06. The number of carbonyl (C=O) groups is 2. The van der Waals surface area contributed by atoms with E-state index >= 15 is 0 Å². The second-order valence-electron chi connectivity index (χ2n) is 4.88. The molecule has 0 radical (unpaired) electrons. The molecule has 0 aromatic rings. The van der Waals surface area contributed by atoms with Gasteiger partial charge in [-0.2, -0.15) is 0 Å². The Bertz CT molecular complexity index is 458. The number of nitrogens with zero attached hydrogens (tertiary/aromatic N) is 1. The van der Waals surface area contributed by atoms with E-state index in [1.165, 1.54) is 24.3 Å². The van der Waals surface area contributed by atoms with Gasteiger partial charge in [0.05, 0.1) is 7.11 Å². The molecule has 0 rings (SSSR count). The summed E-state index contributed by atoms with van der Waals surface area (Å²) in [5.74, 6) is -0.435. The highest BCUT2D eigenvalue weighted by Crippen LogP contribution is 2.25. The molecule has 0 spiro atoms. The van der Waals surface area contributed by atoms with E-state index in [0.717, 1.165) is 18.4 Å². The quantitative estimate of drug-likeness (QED) is 0.380. The lowest BCUT2D eigenvalue weighted by molar-refractivity contribution is -0.136. The first-order valence-electron chi connectivity index (χ1n) is 7.15. The normalized spacial score (nSPS) is 11.0. The molecule has 0 atom stereocenters. The summed E-state index contributed by atoms with van der Waals surface area (Å²) in [6.45, 7) is 10.5. The van der Waals surface area contributed by atoms with Crippen LogP contribution in [0.25, 0.3) is 0 Å². The number of hydrogen-bond donors (Lipinski definition) is 1. The molecule has 1 amide bonds. The number of methoxy groups -OCH3 is 1. The van der Waals surface area contributed by atoms with Crippen molar-refractivity contribution in [1.82, 2.24) is 4.90 Å². The van der Waals surface area contributed by atoms with Gasteiger partial charge in [-0.15, -0.1) is 0 Å². The number of amides is 1. The fourth-order valence-corrected chi connectivity index (χ4v) is 2.10. The maximum Gasteiger partial charge on any atom is 0.354 e. The Morgan fingerprint density at radius 3 is 2.50 bits per heavy atom. The van der Waals surface area contributed by atoms with Crippen LogP contribution in [0.4, 0.5) is 0 Å². The molecular formula is C16H26N2O3S. The van der Waals surface area contributed by atoms with Crippen molar-refractivity contribution >= 4 is 23.6 Å². The second kappa shape index (κ2) is 11.0. The number of ether oxygens (including phenoxy) is 1. The van der Waals surface area contributed by atoms with E-state index in [0.29, 0.717) is 24.3 Å². The summed E-state index contributed by atoms with van der Waals surface area (Å²) in [5, 5.41) is 1.48. The number of unbranched alkanes of at least 4 members (excludes halogenated alkanes) is 1. The van der Waals surface area contributed by atoms with Crippen molar-refractivity contribution in [3.8, 4) is 0 Å². The van der Waals surface area contributed by atoms with Gasteiger partial charge in [0.25, 0.3) is 0 Å².